The van der Waals surface area contributed by atoms with Gasteiger partial charge in [-0.3, -0.25) is 0 Å². The number of unbranched alkanes of at least 4 members (excludes halogenated alkanes) is 12. The van der Waals surface area contributed by atoms with Crippen molar-refractivity contribution in [1.82, 2.24) is 0 Å². The second kappa shape index (κ2) is 32.0. The smallest absolute Gasteiger partial charge is 0 e. The van der Waals surface area contributed by atoms with Crippen molar-refractivity contribution in [2.45, 2.75) is 104 Å². The molecule has 0 atom stereocenters. The molecule has 0 radical (unpaired) electrons. The third-order valence-corrected chi connectivity index (χ3v) is 3.21. The summed E-state index contributed by atoms with van der Waals surface area (Å²) in [5, 5.41) is 0. The van der Waals surface area contributed by atoms with Crippen molar-refractivity contribution in [2.24, 2.45) is 0 Å². The minimum absolute atomic E-state index is 0. The van der Waals surface area contributed by atoms with Gasteiger partial charge in [0.05, 0.1) is 0 Å². The van der Waals surface area contributed by atoms with Crippen LogP contribution in [-0.4, -0.2) is 5.48 Å². The van der Waals surface area contributed by atoms with Gasteiger partial charge < -0.3 is 19.3 Å². The average molecular weight is 451 g/mol. The average Bonchev–Trinajstić information content (AvgIpc) is 2.39. The Bertz CT molecular complexity index is 92.0. The number of rotatable bonds is 12. The predicted molar refractivity (Wildman–Crippen MR) is 90.3 cm³/mol. The fourth-order valence-electron chi connectivity index (χ4n) is 1.91. The van der Waals surface area contributed by atoms with E-state index in [2.05, 4.69) is 27.7 Å². The van der Waals surface area contributed by atoms with Crippen LogP contribution in [0.3, 0.4) is 0 Å². The van der Waals surface area contributed by atoms with Crippen molar-refractivity contribution in [3.63, 3.8) is 0 Å². The summed E-state index contributed by atoms with van der Waals surface area (Å²) < 4.78 is 0. The molecule has 0 amide bonds. The van der Waals surface area contributed by atoms with Crippen LogP contribution in [0.25, 0.3) is 0 Å². The third-order valence-electron chi connectivity index (χ3n) is 3.21. The number of hydrogen-bond donors (Lipinski definition) is 0. The molecule has 0 aliphatic rings. The molecular weight excluding hydrogens is 411 g/mol. The first-order valence-electron chi connectivity index (χ1n) is 8.41. The molecule has 1 nitrogen and oxygen atoms in total. The van der Waals surface area contributed by atoms with E-state index in [4.69, 9.17) is 0 Å². The molecule has 0 aliphatic heterocycles. The zero-order valence-electron chi connectivity index (χ0n) is 14.3. The van der Waals surface area contributed by atoms with Crippen LogP contribution in [0.2, 0.25) is 0 Å². The topological polar surface area (TPSA) is 31.5 Å². The molecular formula is C18H40HfO-2. The van der Waals surface area contributed by atoms with Crippen LogP contribution in [0, 0.1) is 13.8 Å². The number of hydrogen-bond acceptors (Lipinski definition) is 0. The van der Waals surface area contributed by atoms with E-state index < -0.39 is 0 Å². The first-order chi connectivity index (χ1) is 8.83. The molecule has 20 heavy (non-hydrogen) atoms. The van der Waals surface area contributed by atoms with E-state index in [1.165, 1.54) is 77.0 Å². The summed E-state index contributed by atoms with van der Waals surface area (Å²) in [6.45, 7) is 12.1. The Morgan fingerprint density at radius 3 is 1.00 bits per heavy atom. The largest absolute Gasteiger partial charge is 0.412 e. The molecule has 2 heteroatoms. The van der Waals surface area contributed by atoms with Gasteiger partial charge in [-0.25, -0.2) is 0 Å². The van der Waals surface area contributed by atoms with E-state index in [1.54, 1.807) is 0 Å². The molecule has 0 heterocycles. The molecule has 0 bridgehead atoms. The van der Waals surface area contributed by atoms with Crippen LogP contribution in [0.4, 0.5) is 0 Å². The van der Waals surface area contributed by atoms with E-state index >= 15 is 0 Å². The Morgan fingerprint density at radius 1 is 0.500 bits per heavy atom. The summed E-state index contributed by atoms with van der Waals surface area (Å²) in [5.41, 5.74) is 0. The van der Waals surface area contributed by atoms with Gasteiger partial charge in [0.1, 0.15) is 0 Å². The van der Waals surface area contributed by atoms with Crippen LogP contribution < -0.4 is 0 Å². The summed E-state index contributed by atoms with van der Waals surface area (Å²) in [6.07, 6.45) is 18.9. The van der Waals surface area contributed by atoms with Gasteiger partial charge in [0.15, 0.2) is 0 Å². The molecule has 0 aromatic carbocycles. The maximum absolute atomic E-state index is 3.80. The van der Waals surface area contributed by atoms with Crippen LogP contribution in [0.1, 0.15) is 104 Å². The quantitative estimate of drug-likeness (QED) is 0.189. The standard InChI is InChI=1S/2C9H19.Hf.H2O/c2*1-3-5-7-9-8-6-4-2;;/h2*1,3-9H2,2H3;;1H2/q2*-1;;. The van der Waals surface area contributed by atoms with E-state index in [0.29, 0.717) is 0 Å². The van der Waals surface area contributed by atoms with Crippen LogP contribution in [-0.2, 0) is 25.8 Å². The van der Waals surface area contributed by atoms with E-state index in [0.717, 1.165) is 12.8 Å². The van der Waals surface area contributed by atoms with Crippen LogP contribution in [0.15, 0.2) is 0 Å². The molecule has 0 spiro atoms. The molecule has 0 unspecified atom stereocenters. The zero-order valence-corrected chi connectivity index (χ0v) is 17.9. The fraction of sp³-hybridized carbons (Fsp3) is 0.889. The maximum atomic E-state index is 3.80. The first-order valence-corrected chi connectivity index (χ1v) is 8.41. The fourth-order valence-corrected chi connectivity index (χ4v) is 1.91. The van der Waals surface area contributed by atoms with Crippen molar-refractivity contribution in [3.8, 4) is 0 Å². The minimum atomic E-state index is 0. The second-order valence-corrected chi connectivity index (χ2v) is 5.24. The molecule has 124 valence electrons. The van der Waals surface area contributed by atoms with Gasteiger partial charge >= 0.3 is 0 Å². The molecule has 2 N–H and O–H groups in total. The third kappa shape index (κ3) is 36.4. The molecule has 0 rings (SSSR count). The Morgan fingerprint density at radius 2 is 0.750 bits per heavy atom. The van der Waals surface area contributed by atoms with Crippen molar-refractivity contribution >= 4 is 0 Å². The Kier molecular flexibility index (Phi) is 46.2. The Balaban J connectivity index is -0.000000116. The molecule has 0 fully saturated rings. The minimum Gasteiger partial charge on any atom is -0.412 e. The van der Waals surface area contributed by atoms with Crippen molar-refractivity contribution in [3.05, 3.63) is 13.8 Å². The van der Waals surface area contributed by atoms with E-state index in [1.807, 2.05) is 0 Å². The van der Waals surface area contributed by atoms with Crippen molar-refractivity contribution in [2.75, 3.05) is 0 Å². The molecule has 0 saturated heterocycles. The van der Waals surface area contributed by atoms with Gasteiger partial charge in [-0.2, -0.15) is 12.8 Å². The normalized spacial score (nSPS) is 9.00. The van der Waals surface area contributed by atoms with E-state index in [-0.39, 0.29) is 31.3 Å². The summed E-state index contributed by atoms with van der Waals surface area (Å²) in [7, 11) is 0. The second-order valence-electron chi connectivity index (χ2n) is 5.24. The van der Waals surface area contributed by atoms with Gasteiger partial charge in [0.2, 0.25) is 0 Å². The Labute approximate surface area is 148 Å². The summed E-state index contributed by atoms with van der Waals surface area (Å²) >= 11 is 0. The van der Waals surface area contributed by atoms with Gasteiger partial charge in [-0.15, -0.1) is 0 Å². The van der Waals surface area contributed by atoms with Crippen LogP contribution in [0.5, 0.6) is 0 Å². The first kappa shape index (κ1) is 28.9. The summed E-state index contributed by atoms with van der Waals surface area (Å²) in [5.74, 6) is 0. The van der Waals surface area contributed by atoms with Gasteiger partial charge in [-0.05, 0) is 0 Å². The van der Waals surface area contributed by atoms with Gasteiger partial charge in [0, 0.05) is 25.8 Å². The summed E-state index contributed by atoms with van der Waals surface area (Å²) in [4.78, 5) is 0. The zero-order chi connectivity index (χ0) is 13.9. The monoisotopic (exact) mass is 452 g/mol. The van der Waals surface area contributed by atoms with Gasteiger partial charge in [-0.1, -0.05) is 90.9 Å². The van der Waals surface area contributed by atoms with E-state index in [9.17, 15) is 0 Å². The SMILES string of the molecule is O.[CH2-]CCCCCCCC.[CH2-]CCCCCCCC.[Hf]. The Hall–Kier alpha value is 0.830. The van der Waals surface area contributed by atoms with Crippen molar-refractivity contribution < 1.29 is 31.3 Å². The van der Waals surface area contributed by atoms with Crippen LogP contribution >= 0.6 is 0 Å². The van der Waals surface area contributed by atoms with Gasteiger partial charge in [0.25, 0.3) is 0 Å². The summed E-state index contributed by atoms with van der Waals surface area (Å²) in [6, 6.07) is 0. The molecule has 0 aromatic rings. The van der Waals surface area contributed by atoms with Crippen molar-refractivity contribution in [1.29, 1.82) is 0 Å². The molecule has 0 aromatic heterocycles. The predicted octanol–water partition coefficient (Wildman–Crippen LogP) is 6.31. The molecule has 0 aliphatic carbocycles. The molecule has 0 saturated carbocycles. The maximum Gasteiger partial charge on any atom is 0 e.